The highest BCUT2D eigenvalue weighted by molar-refractivity contribution is 6.30. The first-order chi connectivity index (χ1) is 10.0. The van der Waals surface area contributed by atoms with E-state index in [4.69, 9.17) is 11.6 Å². The summed E-state index contributed by atoms with van der Waals surface area (Å²) in [5.74, 6) is -0.718. The summed E-state index contributed by atoms with van der Waals surface area (Å²) in [6.45, 7) is 4.70. The molecule has 21 heavy (non-hydrogen) atoms. The van der Waals surface area contributed by atoms with Crippen LogP contribution in [-0.4, -0.2) is 6.54 Å². The molecule has 0 bridgehead atoms. The molecule has 4 heteroatoms. The Kier molecular flexibility index (Phi) is 5.32. The lowest BCUT2D eigenvalue weighted by Gasteiger charge is -2.22. The van der Waals surface area contributed by atoms with Gasteiger partial charge in [0.25, 0.3) is 0 Å². The van der Waals surface area contributed by atoms with Gasteiger partial charge in [0.15, 0.2) is 0 Å². The fourth-order valence-electron chi connectivity index (χ4n) is 2.35. The lowest BCUT2D eigenvalue weighted by Crippen LogP contribution is -2.24. The Morgan fingerprint density at radius 2 is 1.90 bits per heavy atom. The highest BCUT2D eigenvalue weighted by Crippen LogP contribution is 2.28. The van der Waals surface area contributed by atoms with Gasteiger partial charge in [-0.25, -0.2) is 8.78 Å². The van der Waals surface area contributed by atoms with Crippen molar-refractivity contribution in [2.24, 2.45) is 0 Å². The predicted molar refractivity (Wildman–Crippen MR) is 82.7 cm³/mol. The van der Waals surface area contributed by atoms with E-state index in [9.17, 15) is 8.78 Å². The van der Waals surface area contributed by atoms with Crippen LogP contribution in [0.1, 0.15) is 36.1 Å². The predicted octanol–water partition coefficient (Wildman–Crippen LogP) is 5.02. The summed E-state index contributed by atoms with van der Waals surface area (Å²) in [6, 6.07) is 9.24. The maximum atomic E-state index is 13.7. The smallest absolute Gasteiger partial charge is 0.142 e. The molecule has 0 saturated carbocycles. The number of rotatable bonds is 5. The molecule has 0 aliphatic carbocycles. The zero-order valence-electron chi connectivity index (χ0n) is 12.1. The SMILES string of the molecule is CCCNC(c1ccc(Cl)c(F)c1)c1ccc(F)cc1C. The third kappa shape index (κ3) is 3.80. The topological polar surface area (TPSA) is 12.0 Å². The van der Waals surface area contributed by atoms with E-state index < -0.39 is 5.82 Å². The van der Waals surface area contributed by atoms with Crippen LogP contribution in [0.5, 0.6) is 0 Å². The Hall–Kier alpha value is -1.45. The number of nitrogens with one attached hydrogen (secondary N) is 1. The van der Waals surface area contributed by atoms with Gasteiger partial charge in [-0.15, -0.1) is 0 Å². The van der Waals surface area contributed by atoms with Crippen LogP contribution in [0.3, 0.4) is 0 Å². The summed E-state index contributed by atoms with van der Waals surface area (Å²) in [5, 5.41) is 3.48. The van der Waals surface area contributed by atoms with E-state index >= 15 is 0 Å². The van der Waals surface area contributed by atoms with Crippen LogP contribution in [0.15, 0.2) is 36.4 Å². The van der Waals surface area contributed by atoms with Crippen molar-refractivity contribution in [3.63, 3.8) is 0 Å². The van der Waals surface area contributed by atoms with E-state index in [1.165, 1.54) is 18.2 Å². The van der Waals surface area contributed by atoms with Crippen molar-refractivity contribution in [2.45, 2.75) is 26.3 Å². The molecule has 0 spiro atoms. The van der Waals surface area contributed by atoms with E-state index in [1.807, 2.05) is 6.92 Å². The lowest BCUT2D eigenvalue weighted by molar-refractivity contribution is 0.580. The number of aryl methyl sites for hydroxylation is 1. The summed E-state index contributed by atoms with van der Waals surface area (Å²) in [5.41, 5.74) is 2.55. The Morgan fingerprint density at radius 3 is 2.52 bits per heavy atom. The Morgan fingerprint density at radius 1 is 1.14 bits per heavy atom. The van der Waals surface area contributed by atoms with Gasteiger partial charge in [-0.05, 0) is 60.8 Å². The molecule has 2 aromatic carbocycles. The Balaban J connectivity index is 2.44. The zero-order valence-corrected chi connectivity index (χ0v) is 12.8. The number of hydrogen-bond donors (Lipinski definition) is 1. The molecular formula is C17H18ClF2N. The van der Waals surface area contributed by atoms with Gasteiger partial charge in [-0.1, -0.05) is 30.7 Å². The highest BCUT2D eigenvalue weighted by atomic mass is 35.5. The van der Waals surface area contributed by atoms with E-state index in [2.05, 4.69) is 12.2 Å². The maximum absolute atomic E-state index is 13.7. The van der Waals surface area contributed by atoms with Crippen molar-refractivity contribution in [2.75, 3.05) is 6.54 Å². The van der Waals surface area contributed by atoms with Crippen LogP contribution in [0.2, 0.25) is 5.02 Å². The zero-order chi connectivity index (χ0) is 15.4. The third-order valence-corrected chi connectivity index (χ3v) is 3.72. The molecule has 0 heterocycles. The number of benzene rings is 2. The van der Waals surface area contributed by atoms with E-state index in [0.29, 0.717) is 0 Å². The maximum Gasteiger partial charge on any atom is 0.142 e. The molecule has 0 aromatic heterocycles. The first-order valence-electron chi connectivity index (χ1n) is 6.97. The third-order valence-electron chi connectivity index (χ3n) is 3.42. The van der Waals surface area contributed by atoms with Gasteiger partial charge >= 0.3 is 0 Å². The molecule has 1 atom stereocenters. The molecule has 2 rings (SSSR count). The highest BCUT2D eigenvalue weighted by Gasteiger charge is 2.17. The standard InChI is InChI=1S/C17H18ClF2N/c1-3-8-21-17(12-4-7-15(18)16(20)10-12)14-6-5-13(19)9-11(14)2/h4-7,9-10,17,21H,3,8H2,1-2H3. The van der Waals surface area contributed by atoms with Crippen LogP contribution in [0.25, 0.3) is 0 Å². The van der Waals surface area contributed by atoms with Gasteiger partial charge in [0.2, 0.25) is 0 Å². The van der Waals surface area contributed by atoms with Gasteiger partial charge in [-0.3, -0.25) is 0 Å². The molecule has 0 amide bonds. The van der Waals surface area contributed by atoms with Crippen molar-refractivity contribution in [3.8, 4) is 0 Å². The van der Waals surface area contributed by atoms with Gasteiger partial charge in [0.1, 0.15) is 11.6 Å². The lowest BCUT2D eigenvalue weighted by atomic mass is 9.94. The van der Waals surface area contributed by atoms with Gasteiger partial charge in [-0.2, -0.15) is 0 Å². The molecule has 0 aliphatic heterocycles. The second-order valence-electron chi connectivity index (χ2n) is 5.06. The number of hydrogen-bond acceptors (Lipinski definition) is 1. The summed E-state index contributed by atoms with van der Waals surface area (Å²) in [4.78, 5) is 0. The van der Waals surface area contributed by atoms with Crippen LogP contribution in [-0.2, 0) is 0 Å². The molecule has 0 radical (unpaired) electrons. The number of halogens is 3. The van der Waals surface area contributed by atoms with Gasteiger partial charge in [0, 0.05) is 0 Å². The minimum absolute atomic E-state index is 0.101. The Bertz CT molecular complexity index is 628. The normalized spacial score (nSPS) is 12.4. The molecule has 1 N–H and O–H groups in total. The summed E-state index contributed by atoms with van der Waals surface area (Å²) in [7, 11) is 0. The average Bonchev–Trinajstić information content (AvgIpc) is 2.44. The Labute approximate surface area is 128 Å². The minimum atomic E-state index is -0.447. The van der Waals surface area contributed by atoms with Crippen LogP contribution in [0, 0.1) is 18.6 Å². The molecule has 1 nitrogen and oxygen atoms in total. The summed E-state index contributed by atoms with van der Waals surface area (Å²) < 4.78 is 27.0. The summed E-state index contributed by atoms with van der Waals surface area (Å²) >= 11 is 5.74. The monoisotopic (exact) mass is 309 g/mol. The second-order valence-corrected chi connectivity index (χ2v) is 5.47. The molecule has 1 unspecified atom stereocenters. The van der Waals surface area contributed by atoms with E-state index in [0.717, 1.165) is 29.7 Å². The minimum Gasteiger partial charge on any atom is -0.306 e. The first-order valence-corrected chi connectivity index (χ1v) is 7.35. The van der Waals surface area contributed by atoms with Crippen molar-refractivity contribution in [1.82, 2.24) is 5.32 Å². The first kappa shape index (κ1) is 15.9. The molecule has 0 aliphatic rings. The largest absolute Gasteiger partial charge is 0.306 e. The average molecular weight is 310 g/mol. The van der Waals surface area contributed by atoms with Crippen molar-refractivity contribution in [3.05, 3.63) is 69.7 Å². The molecule has 2 aromatic rings. The molecule has 112 valence electrons. The fourth-order valence-corrected chi connectivity index (χ4v) is 2.47. The fraction of sp³-hybridized carbons (Fsp3) is 0.294. The van der Waals surface area contributed by atoms with Gasteiger partial charge in [0.05, 0.1) is 11.1 Å². The van der Waals surface area contributed by atoms with Crippen molar-refractivity contribution in [1.29, 1.82) is 0 Å². The molecular weight excluding hydrogens is 292 g/mol. The summed E-state index contributed by atoms with van der Waals surface area (Å²) in [6.07, 6.45) is 0.951. The van der Waals surface area contributed by atoms with Crippen LogP contribution < -0.4 is 5.32 Å². The van der Waals surface area contributed by atoms with Crippen molar-refractivity contribution >= 4 is 11.6 Å². The van der Waals surface area contributed by atoms with Crippen molar-refractivity contribution < 1.29 is 8.78 Å². The van der Waals surface area contributed by atoms with E-state index in [-0.39, 0.29) is 16.9 Å². The van der Waals surface area contributed by atoms with Gasteiger partial charge < -0.3 is 5.32 Å². The van der Waals surface area contributed by atoms with E-state index in [1.54, 1.807) is 18.2 Å². The molecule has 0 saturated heterocycles. The van der Waals surface area contributed by atoms with Crippen LogP contribution >= 0.6 is 11.6 Å². The molecule has 0 fully saturated rings. The quantitative estimate of drug-likeness (QED) is 0.818. The van der Waals surface area contributed by atoms with Crippen LogP contribution in [0.4, 0.5) is 8.78 Å². The second kappa shape index (κ2) is 7.01.